The van der Waals surface area contributed by atoms with Crippen molar-refractivity contribution in [1.82, 2.24) is 0 Å². The minimum Gasteiger partial charge on any atom is -0.454 e. The number of oxime groups is 1. The van der Waals surface area contributed by atoms with Crippen LogP contribution in [0.15, 0.2) is 45.6 Å². The van der Waals surface area contributed by atoms with Gasteiger partial charge in [0.25, 0.3) is 0 Å². The molecular weight excluding hydrogens is 322 g/mol. The van der Waals surface area contributed by atoms with E-state index in [4.69, 9.17) is 14.3 Å². The lowest BCUT2D eigenvalue weighted by Gasteiger charge is -2.05. The summed E-state index contributed by atoms with van der Waals surface area (Å²) in [5.41, 5.74) is 2.06. The van der Waals surface area contributed by atoms with E-state index in [-0.39, 0.29) is 6.79 Å². The SMILES string of the molecule is Brc1cc2c(cc1/C=N/OCC1=CCCC=C1)OCO2. The van der Waals surface area contributed by atoms with E-state index in [1.807, 2.05) is 12.1 Å². The van der Waals surface area contributed by atoms with Gasteiger partial charge in [-0.25, -0.2) is 0 Å². The van der Waals surface area contributed by atoms with Gasteiger partial charge in [-0.3, -0.25) is 0 Å². The highest BCUT2D eigenvalue weighted by Gasteiger charge is 2.15. The summed E-state index contributed by atoms with van der Waals surface area (Å²) in [6.45, 7) is 0.758. The van der Waals surface area contributed by atoms with Gasteiger partial charge in [0.05, 0.1) is 6.21 Å². The normalized spacial score (nSPS) is 16.6. The molecule has 0 unspecified atom stereocenters. The second kappa shape index (κ2) is 6.13. The van der Waals surface area contributed by atoms with Crippen LogP contribution < -0.4 is 9.47 Å². The molecule has 0 saturated heterocycles. The van der Waals surface area contributed by atoms with E-state index in [0.717, 1.165) is 39.9 Å². The van der Waals surface area contributed by atoms with Crippen molar-refractivity contribution in [3.8, 4) is 11.5 Å². The Morgan fingerprint density at radius 1 is 1.25 bits per heavy atom. The maximum absolute atomic E-state index is 5.33. The first kappa shape index (κ1) is 13.2. The quantitative estimate of drug-likeness (QED) is 0.620. The molecule has 0 atom stereocenters. The largest absolute Gasteiger partial charge is 0.454 e. The molecule has 1 aromatic rings. The van der Waals surface area contributed by atoms with Gasteiger partial charge in [0, 0.05) is 10.0 Å². The van der Waals surface area contributed by atoms with Crippen LogP contribution in [0.1, 0.15) is 18.4 Å². The van der Waals surface area contributed by atoms with Crippen molar-refractivity contribution in [2.24, 2.45) is 5.16 Å². The van der Waals surface area contributed by atoms with Crippen molar-refractivity contribution < 1.29 is 14.3 Å². The standard InChI is InChI=1S/C15H14BrNO3/c16-13-7-15-14(18-10-19-15)6-12(13)8-17-20-9-11-4-2-1-3-5-11/h2,4-8H,1,3,9-10H2/b17-8+. The highest BCUT2D eigenvalue weighted by Crippen LogP contribution is 2.36. The first-order valence-electron chi connectivity index (χ1n) is 6.43. The Morgan fingerprint density at radius 2 is 2.10 bits per heavy atom. The molecule has 104 valence electrons. The van der Waals surface area contributed by atoms with Crippen molar-refractivity contribution in [3.63, 3.8) is 0 Å². The molecule has 1 aromatic carbocycles. The summed E-state index contributed by atoms with van der Waals surface area (Å²) in [6, 6.07) is 3.75. The van der Waals surface area contributed by atoms with Crippen LogP contribution in [-0.4, -0.2) is 19.6 Å². The summed E-state index contributed by atoms with van der Waals surface area (Å²) < 4.78 is 11.5. The van der Waals surface area contributed by atoms with E-state index in [0.29, 0.717) is 6.61 Å². The van der Waals surface area contributed by atoms with Crippen LogP contribution >= 0.6 is 15.9 Å². The molecule has 0 bridgehead atoms. The summed E-state index contributed by atoms with van der Waals surface area (Å²) in [6.07, 6.45) is 10.3. The lowest BCUT2D eigenvalue weighted by Crippen LogP contribution is -1.95. The number of hydrogen-bond acceptors (Lipinski definition) is 4. The van der Waals surface area contributed by atoms with Gasteiger partial charge < -0.3 is 14.3 Å². The molecule has 2 aliphatic rings. The molecule has 0 N–H and O–H groups in total. The summed E-state index contributed by atoms with van der Waals surface area (Å²) in [5, 5.41) is 4.00. The second-order valence-corrected chi connectivity index (χ2v) is 5.35. The third-order valence-electron chi connectivity index (χ3n) is 3.06. The molecule has 0 spiro atoms. The molecule has 0 radical (unpaired) electrons. The summed E-state index contributed by atoms with van der Waals surface area (Å²) in [5.74, 6) is 1.47. The fourth-order valence-corrected chi connectivity index (χ4v) is 2.44. The van der Waals surface area contributed by atoms with Gasteiger partial charge >= 0.3 is 0 Å². The van der Waals surface area contributed by atoms with Gasteiger partial charge in [0.2, 0.25) is 6.79 Å². The van der Waals surface area contributed by atoms with Gasteiger partial charge in [-0.2, -0.15) is 0 Å². The third-order valence-corrected chi connectivity index (χ3v) is 3.75. The van der Waals surface area contributed by atoms with Crippen molar-refractivity contribution in [1.29, 1.82) is 0 Å². The minimum atomic E-state index is 0.263. The summed E-state index contributed by atoms with van der Waals surface area (Å²) in [4.78, 5) is 5.31. The molecule has 0 fully saturated rings. The van der Waals surface area contributed by atoms with Crippen molar-refractivity contribution in [2.45, 2.75) is 12.8 Å². The molecule has 0 amide bonds. The molecule has 1 aliphatic carbocycles. The maximum atomic E-state index is 5.33. The molecule has 20 heavy (non-hydrogen) atoms. The number of hydrogen-bond donors (Lipinski definition) is 0. The Kier molecular flexibility index (Phi) is 4.06. The van der Waals surface area contributed by atoms with E-state index in [9.17, 15) is 0 Å². The zero-order valence-electron chi connectivity index (χ0n) is 10.8. The number of rotatable bonds is 4. The van der Waals surface area contributed by atoms with E-state index in [1.54, 1.807) is 6.21 Å². The van der Waals surface area contributed by atoms with Crippen molar-refractivity contribution in [3.05, 3.63) is 46.0 Å². The molecule has 1 heterocycles. The molecule has 3 rings (SSSR count). The molecule has 0 aromatic heterocycles. The highest BCUT2D eigenvalue weighted by atomic mass is 79.9. The van der Waals surface area contributed by atoms with Gasteiger partial charge in [-0.05, 0) is 46.5 Å². The average molecular weight is 336 g/mol. The smallest absolute Gasteiger partial charge is 0.231 e. The van der Waals surface area contributed by atoms with E-state index in [2.05, 4.69) is 39.3 Å². The lowest BCUT2D eigenvalue weighted by molar-refractivity contribution is 0.171. The van der Waals surface area contributed by atoms with Crippen LogP contribution in [0.3, 0.4) is 0 Å². The first-order valence-corrected chi connectivity index (χ1v) is 7.22. The van der Waals surface area contributed by atoms with Crippen molar-refractivity contribution >= 4 is 22.1 Å². The second-order valence-electron chi connectivity index (χ2n) is 4.49. The number of benzene rings is 1. The lowest BCUT2D eigenvalue weighted by atomic mass is 10.1. The van der Waals surface area contributed by atoms with Crippen LogP contribution in [0.5, 0.6) is 11.5 Å². The van der Waals surface area contributed by atoms with Crippen molar-refractivity contribution in [2.75, 3.05) is 13.4 Å². The number of ether oxygens (including phenoxy) is 2. The van der Waals surface area contributed by atoms with Gasteiger partial charge in [-0.15, -0.1) is 0 Å². The maximum Gasteiger partial charge on any atom is 0.231 e. The highest BCUT2D eigenvalue weighted by molar-refractivity contribution is 9.10. The Bertz CT molecular complexity index is 593. The van der Waals surface area contributed by atoms with Gasteiger partial charge in [0.15, 0.2) is 11.5 Å². The summed E-state index contributed by atoms with van der Waals surface area (Å²) in [7, 11) is 0. The monoisotopic (exact) mass is 335 g/mol. The zero-order chi connectivity index (χ0) is 13.8. The Morgan fingerprint density at radius 3 is 2.90 bits per heavy atom. The number of halogens is 1. The minimum absolute atomic E-state index is 0.263. The van der Waals surface area contributed by atoms with E-state index < -0.39 is 0 Å². The molecular formula is C15H14BrNO3. The van der Waals surface area contributed by atoms with Gasteiger partial charge in [-0.1, -0.05) is 23.4 Å². The molecule has 1 aliphatic heterocycles. The predicted molar refractivity (Wildman–Crippen MR) is 80.3 cm³/mol. The van der Waals surface area contributed by atoms with Gasteiger partial charge in [0.1, 0.15) is 6.61 Å². The van der Waals surface area contributed by atoms with Crippen LogP contribution in [0.2, 0.25) is 0 Å². The molecule has 5 heteroatoms. The fraction of sp³-hybridized carbons (Fsp3) is 0.267. The van der Waals surface area contributed by atoms with Crippen LogP contribution in [0.25, 0.3) is 0 Å². The number of nitrogens with zero attached hydrogens (tertiary/aromatic N) is 1. The number of allylic oxidation sites excluding steroid dienone is 2. The molecule has 4 nitrogen and oxygen atoms in total. The third kappa shape index (κ3) is 3.04. The topological polar surface area (TPSA) is 40.0 Å². The van der Waals surface area contributed by atoms with E-state index >= 15 is 0 Å². The summed E-state index contributed by atoms with van der Waals surface area (Å²) >= 11 is 3.47. The Labute approximate surface area is 125 Å². The Hall–Kier alpha value is -1.75. The molecule has 0 saturated carbocycles. The van der Waals surface area contributed by atoms with Crippen LogP contribution in [0, 0.1) is 0 Å². The van der Waals surface area contributed by atoms with Crippen LogP contribution in [-0.2, 0) is 4.84 Å². The first-order chi connectivity index (χ1) is 9.83. The van der Waals surface area contributed by atoms with Crippen LogP contribution in [0.4, 0.5) is 0 Å². The Balaban J connectivity index is 1.61. The average Bonchev–Trinajstić information content (AvgIpc) is 2.91. The van der Waals surface area contributed by atoms with E-state index in [1.165, 1.54) is 0 Å². The predicted octanol–water partition coefficient (Wildman–Crippen LogP) is 3.80. The zero-order valence-corrected chi connectivity index (χ0v) is 12.4. The fourth-order valence-electron chi connectivity index (χ4n) is 2.01. The number of fused-ring (bicyclic) bond motifs is 1.